The number of benzene rings is 2. The molecule has 0 saturated heterocycles. The number of methoxy groups -OCH3 is 2. The summed E-state index contributed by atoms with van der Waals surface area (Å²) < 4.78 is 10.3. The van der Waals surface area contributed by atoms with E-state index in [1.807, 2.05) is 12.1 Å². The van der Waals surface area contributed by atoms with E-state index in [0.29, 0.717) is 23.6 Å². The van der Waals surface area contributed by atoms with E-state index in [2.05, 4.69) is 5.32 Å². The molecular weight excluding hydrogens is 336 g/mol. The van der Waals surface area contributed by atoms with Gasteiger partial charge in [0, 0.05) is 12.6 Å². The fraction of sp³-hybridized carbons (Fsp3) is 0.263. The number of carbonyl (C=O) groups excluding carboxylic acids is 1. The minimum Gasteiger partial charge on any atom is -0.497 e. The molecular formula is C19H22N2O5. The Hall–Kier alpha value is -3.06. The third-order valence-electron chi connectivity index (χ3n) is 3.90. The fourth-order valence-electron chi connectivity index (χ4n) is 2.40. The molecule has 7 nitrogen and oxygen atoms in total. The molecule has 0 radical (unpaired) electrons. The first kappa shape index (κ1) is 19.3. The summed E-state index contributed by atoms with van der Waals surface area (Å²) in [7, 11) is 3.04. The molecule has 7 heteroatoms. The van der Waals surface area contributed by atoms with Crippen LogP contribution in [0, 0.1) is 0 Å². The number of nitrogens with two attached hydrogens (primary N) is 1. The van der Waals surface area contributed by atoms with Crippen LogP contribution in [-0.4, -0.2) is 37.2 Å². The zero-order valence-electron chi connectivity index (χ0n) is 14.7. The van der Waals surface area contributed by atoms with Gasteiger partial charge in [-0.1, -0.05) is 24.3 Å². The van der Waals surface area contributed by atoms with Gasteiger partial charge in [-0.05, 0) is 29.7 Å². The highest BCUT2D eigenvalue weighted by atomic mass is 16.5. The highest BCUT2D eigenvalue weighted by Crippen LogP contribution is 2.24. The molecule has 2 aromatic rings. The quantitative estimate of drug-likeness (QED) is 0.661. The first-order chi connectivity index (χ1) is 12.4. The zero-order chi connectivity index (χ0) is 19.1. The molecule has 0 aromatic heterocycles. The molecule has 0 saturated carbocycles. The molecule has 0 aliphatic heterocycles. The lowest BCUT2D eigenvalue weighted by Crippen LogP contribution is -2.32. The van der Waals surface area contributed by atoms with Crippen LogP contribution < -0.4 is 20.5 Å². The zero-order valence-corrected chi connectivity index (χ0v) is 14.7. The van der Waals surface area contributed by atoms with E-state index in [1.54, 1.807) is 37.4 Å². The van der Waals surface area contributed by atoms with E-state index in [4.69, 9.17) is 20.3 Å². The molecule has 0 bridgehead atoms. The molecule has 2 rings (SSSR count). The van der Waals surface area contributed by atoms with Crippen LogP contribution in [-0.2, 0) is 17.8 Å². The number of rotatable bonds is 8. The van der Waals surface area contributed by atoms with Crippen molar-refractivity contribution in [3.63, 3.8) is 0 Å². The molecule has 26 heavy (non-hydrogen) atoms. The Morgan fingerprint density at radius 1 is 1.08 bits per heavy atom. The second kappa shape index (κ2) is 8.87. The number of hydrogen-bond acceptors (Lipinski definition) is 5. The number of hydrogen-bond donors (Lipinski definition) is 3. The van der Waals surface area contributed by atoms with Crippen molar-refractivity contribution in [1.82, 2.24) is 5.32 Å². The summed E-state index contributed by atoms with van der Waals surface area (Å²) in [5.74, 6) is -0.260. The summed E-state index contributed by atoms with van der Waals surface area (Å²) >= 11 is 0. The van der Waals surface area contributed by atoms with Gasteiger partial charge in [-0.15, -0.1) is 0 Å². The van der Waals surface area contributed by atoms with Crippen molar-refractivity contribution < 1.29 is 24.2 Å². The SMILES string of the molecule is COc1ccc(C(=O)NCc2ccc(CC(N)C(=O)O)cc2)c(OC)c1. The van der Waals surface area contributed by atoms with Gasteiger partial charge >= 0.3 is 5.97 Å². The standard InChI is InChI=1S/C19H22N2O5/c1-25-14-7-8-15(17(10-14)26-2)18(22)21-11-13-5-3-12(4-6-13)9-16(20)19(23)24/h3-8,10,16H,9,11,20H2,1-2H3,(H,21,22)(H,23,24). The second-order valence-corrected chi connectivity index (χ2v) is 5.71. The van der Waals surface area contributed by atoms with Crippen molar-refractivity contribution in [2.75, 3.05) is 14.2 Å². The van der Waals surface area contributed by atoms with Gasteiger partial charge in [0.25, 0.3) is 5.91 Å². The summed E-state index contributed by atoms with van der Waals surface area (Å²) in [5.41, 5.74) is 7.65. The van der Waals surface area contributed by atoms with Crippen molar-refractivity contribution in [2.45, 2.75) is 19.0 Å². The summed E-state index contributed by atoms with van der Waals surface area (Å²) in [6, 6.07) is 11.3. The predicted octanol–water partition coefficient (Wildman–Crippen LogP) is 1.59. The number of carboxylic acids is 1. The number of aliphatic carboxylic acids is 1. The maximum Gasteiger partial charge on any atom is 0.320 e. The lowest BCUT2D eigenvalue weighted by atomic mass is 10.0. The summed E-state index contributed by atoms with van der Waals surface area (Å²) in [5, 5.41) is 11.7. The van der Waals surface area contributed by atoms with Crippen molar-refractivity contribution in [3.05, 3.63) is 59.2 Å². The summed E-state index contributed by atoms with van der Waals surface area (Å²) in [6.45, 7) is 0.333. The van der Waals surface area contributed by atoms with Crippen LogP contribution in [0.1, 0.15) is 21.5 Å². The third kappa shape index (κ3) is 4.97. The minimum absolute atomic E-state index is 0.255. The average Bonchev–Trinajstić information content (AvgIpc) is 2.66. The lowest BCUT2D eigenvalue weighted by molar-refractivity contribution is -0.138. The number of ether oxygens (including phenoxy) is 2. The molecule has 138 valence electrons. The Balaban J connectivity index is 1.98. The molecule has 0 aliphatic rings. The van der Waals surface area contributed by atoms with Crippen LogP contribution in [0.25, 0.3) is 0 Å². The summed E-state index contributed by atoms with van der Waals surface area (Å²) in [6.07, 6.45) is 0.255. The van der Waals surface area contributed by atoms with E-state index in [0.717, 1.165) is 11.1 Å². The van der Waals surface area contributed by atoms with Crippen LogP contribution in [0.3, 0.4) is 0 Å². The highest BCUT2D eigenvalue weighted by Gasteiger charge is 2.14. The predicted molar refractivity (Wildman–Crippen MR) is 96.5 cm³/mol. The molecule has 2 aromatic carbocycles. The van der Waals surface area contributed by atoms with E-state index in [1.165, 1.54) is 7.11 Å². The van der Waals surface area contributed by atoms with Gasteiger partial charge in [0.2, 0.25) is 0 Å². The number of amides is 1. The van der Waals surface area contributed by atoms with Crippen LogP contribution >= 0.6 is 0 Å². The van der Waals surface area contributed by atoms with E-state index in [9.17, 15) is 9.59 Å². The van der Waals surface area contributed by atoms with Crippen LogP contribution in [0.15, 0.2) is 42.5 Å². The third-order valence-corrected chi connectivity index (χ3v) is 3.90. The second-order valence-electron chi connectivity index (χ2n) is 5.71. The first-order valence-corrected chi connectivity index (χ1v) is 8.01. The van der Waals surface area contributed by atoms with E-state index < -0.39 is 12.0 Å². The Kier molecular flexibility index (Phi) is 6.57. The molecule has 0 heterocycles. The minimum atomic E-state index is -1.03. The van der Waals surface area contributed by atoms with Gasteiger partial charge < -0.3 is 25.6 Å². The Labute approximate surface area is 151 Å². The monoisotopic (exact) mass is 358 g/mol. The Morgan fingerprint density at radius 2 is 1.73 bits per heavy atom. The molecule has 1 unspecified atom stereocenters. The highest BCUT2D eigenvalue weighted by molar-refractivity contribution is 5.97. The maximum absolute atomic E-state index is 12.4. The van der Waals surface area contributed by atoms with Crippen LogP contribution in [0.2, 0.25) is 0 Å². The van der Waals surface area contributed by atoms with Crippen molar-refractivity contribution >= 4 is 11.9 Å². The van der Waals surface area contributed by atoms with Gasteiger partial charge in [0.05, 0.1) is 19.8 Å². The van der Waals surface area contributed by atoms with E-state index in [-0.39, 0.29) is 12.3 Å². The van der Waals surface area contributed by atoms with Gasteiger partial charge in [0.1, 0.15) is 17.5 Å². The molecule has 1 amide bonds. The molecule has 0 fully saturated rings. The topological polar surface area (TPSA) is 111 Å². The lowest BCUT2D eigenvalue weighted by Gasteiger charge is -2.11. The first-order valence-electron chi connectivity index (χ1n) is 8.01. The van der Waals surface area contributed by atoms with Gasteiger partial charge in [-0.2, -0.15) is 0 Å². The van der Waals surface area contributed by atoms with Crippen LogP contribution in [0.4, 0.5) is 0 Å². The largest absolute Gasteiger partial charge is 0.497 e. The fourth-order valence-corrected chi connectivity index (χ4v) is 2.40. The smallest absolute Gasteiger partial charge is 0.320 e. The van der Waals surface area contributed by atoms with E-state index >= 15 is 0 Å². The average molecular weight is 358 g/mol. The molecule has 4 N–H and O–H groups in total. The van der Waals surface area contributed by atoms with Gasteiger partial charge in [-0.25, -0.2) is 0 Å². The Morgan fingerprint density at radius 3 is 2.31 bits per heavy atom. The van der Waals surface area contributed by atoms with Gasteiger partial charge in [0.15, 0.2) is 0 Å². The molecule has 1 atom stereocenters. The van der Waals surface area contributed by atoms with Gasteiger partial charge in [-0.3, -0.25) is 9.59 Å². The normalized spacial score (nSPS) is 11.5. The maximum atomic E-state index is 12.4. The van der Waals surface area contributed by atoms with Crippen LogP contribution in [0.5, 0.6) is 11.5 Å². The molecule has 0 spiro atoms. The summed E-state index contributed by atoms with van der Waals surface area (Å²) in [4.78, 5) is 23.2. The van der Waals surface area contributed by atoms with Crippen molar-refractivity contribution in [2.24, 2.45) is 5.73 Å². The number of carbonyl (C=O) groups is 2. The van der Waals surface area contributed by atoms with Crippen molar-refractivity contribution in [1.29, 1.82) is 0 Å². The van der Waals surface area contributed by atoms with Crippen molar-refractivity contribution in [3.8, 4) is 11.5 Å². The number of carboxylic acid groups (broad SMARTS) is 1. The molecule has 0 aliphatic carbocycles. The Bertz CT molecular complexity index is 774. The number of nitrogens with one attached hydrogen (secondary N) is 1.